The van der Waals surface area contributed by atoms with Crippen molar-refractivity contribution in [3.8, 4) is 0 Å². The highest BCUT2D eigenvalue weighted by atomic mass is 19.1. The van der Waals surface area contributed by atoms with Crippen LogP contribution < -0.4 is 5.73 Å². The number of nitro groups is 1. The lowest BCUT2D eigenvalue weighted by atomic mass is 10.1. The molecule has 102 valence electrons. The molecule has 19 heavy (non-hydrogen) atoms. The zero-order valence-corrected chi connectivity index (χ0v) is 10.2. The van der Waals surface area contributed by atoms with E-state index in [0.717, 1.165) is 31.0 Å². The molecule has 1 unspecified atom stereocenters. The molecule has 1 heterocycles. The second-order valence-electron chi connectivity index (χ2n) is 4.45. The summed E-state index contributed by atoms with van der Waals surface area (Å²) in [6.07, 6.45) is 1.59. The van der Waals surface area contributed by atoms with Crippen molar-refractivity contribution in [2.24, 2.45) is 5.73 Å². The van der Waals surface area contributed by atoms with Crippen molar-refractivity contribution in [2.45, 2.75) is 18.9 Å². The first kappa shape index (κ1) is 13.4. The van der Waals surface area contributed by atoms with Crippen molar-refractivity contribution in [3.63, 3.8) is 0 Å². The van der Waals surface area contributed by atoms with E-state index < -0.39 is 16.6 Å². The van der Waals surface area contributed by atoms with Gasteiger partial charge >= 0.3 is 0 Å². The topological polar surface area (TPSA) is 89.5 Å². The van der Waals surface area contributed by atoms with Gasteiger partial charge in [-0.25, -0.2) is 4.39 Å². The summed E-state index contributed by atoms with van der Waals surface area (Å²) in [6.45, 7) is 0.811. The first-order valence-electron chi connectivity index (χ1n) is 5.99. The number of rotatable bonds is 3. The van der Waals surface area contributed by atoms with Gasteiger partial charge in [-0.3, -0.25) is 14.9 Å². The molecule has 1 aliphatic heterocycles. The van der Waals surface area contributed by atoms with Crippen LogP contribution in [-0.4, -0.2) is 34.9 Å². The van der Waals surface area contributed by atoms with Crippen LogP contribution in [0, 0.1) is 15.9 Å². The molecule has 1 fully saturated rings. The number of non-ortho nitro benzene ring substituents is 1. The lowest BCUT2D eigenvalue weighted by Gasteiger charge is -2.23. The van der Waals surface area contributed by atoms with Gasteiger partial charge in [0.25, 0.3) is 11.6 Å². The maximum absolute atomic E-state index is 13.7. The van der Waals surface area contributed by atoms with Crippen LogP contribution in [0.1, 0.15) is 23.2 Å². The maximum atomic E-state index is 13.7. The summed E-state index contributed by atoms with van der Waals surface area (Å²) in [5.41, 5.74) is 4.99. The monoisotopic (exact) mass is 267 g/mol. The zero-order valence-electron chi connectivity index (χ0n) is 10.2. The van der Waals surface area contributed by atoms with E-state index in [2.05, 4.69) is 0 Å². The first-order valence-corrected chi connectivity index (χ1v) is 5.99. The van der Waals surface area contributed by atoms with Gasteiger partial charge in [-0.05, 0) is 18.9 Å². The van der Waals surface area contributed by atoms with Crippen LogP contribution in [0.25, 0.3) is 0 Å². The molecule has 2 rings (SSSR count). The van der Waals surface area contributed by atoms with Crippen LogP contribution in [-0.2, 0) is 0 Å². The quantitative estimate of drug-likeness (QED) is 0.660. The lowest BCUT2D eigenvalue weighted by molar-refractivity contribution is -0.384. The maximum Gasteiger partial charge on any atom is 0.270 e. The van der Waals surface area contributed by atoms with Gasteiger partial charge in [0.05, 0.1) is 10.5 Å². The number of carbonyl (C=O) groups excluding carboxylic acids is 1. The number of nitrogens with two attached hydrogens (primary N) is 1. The Morgan fingerprint density at radius 2 is 2.32 bits per heavy atom. The van der Waals surface area contributed by atoms with E-state index in [-0.39, 0.29) is 17.3 Å². The number of nitrogens with zero attached hydrogens (tertiary/aromatic N) is 2. The number of hydrogen-bond acceptors (Lipinski definition) is 4. The molecule has 0 bridgehead atoms. The molecule has 0 spiro atoms. The lowest BCUT2D eigenvalue weighted by Crippen LogP contribution is -2.40. The Labute approximate surface area is 109 Å². The number of nitro benzene ring substituents is 1. The SMILES string of the molecule is NCC1CCCN1C(=O)c1cc([N+](=O)[O-])ccc1F. The van der Waals surface area contributed by atoms with Gasteiger partial charge in [0, 0.05) is 31.3 Å². The van der Waals surface area contributed by atoms with Crippen molar-refractivity contribution in [3.05, 3.63) is 39.7 Å². The van der Waals surface area contributed by atoms with E-state index in [4.69, 9.17) is 5.73 Å². The van der Waals surface area contributed by atoms with Gasteiger partial charge in [0.15, 0.2) is 0 Å². The molecule has 1 aliphatic rings. The van der Waals surface area contributed by atoms with E-state index in [0.29, 0.717) is 13.1 Å². The second-order valence-corrected chi connectivity index (χ2v) is 4.45. The fourth-order valence-electron chi connectivity index (χ4n) is 2.29. The fraction of sp³-hybridized carbons (Fsp3) is 0.417. The van der Waals surface area contributed by atoms with Crippen LogP contribution in [0.15, 0.2) is 18.2 Å². The third-order valence-corrected chi connectivity index (χ3v) is 3.30. The standard InChI is InChI=1S/C12H14FN3O3/c13-11-4-3-8(16(18)19)6-10(11)12(17)15-5-1-2-9(15)7-14/h3-4,6,9H,1-2,5,7,14H2. The van der Waals surface area contributed by atoms with E-state index in [1.807, 2.05) is 0 Å². The predicted octanol–water partition coefficient (Wildman–Crippen LogP) is 1.30. The van der Waals surface area contributed by atoms with E-state index >= 15 is 0 Å². The molecule has 1 atom stereocenters. The van der Waals surface area contributed by atoms with Crippen molar-refractivity contribution >= 4 is 11.6 Å². The number of hydrogen-bond donors (Lipinski definition) is 1. The number of amides is 1. The number of carbonyl (C=O) groups is 1. The molecule has 2 N–H and O–H groups in total. The highest BCUT2D eigenvalue weighted by Gasteiger charge is 2.30. The summed E-state index contributed by atoms with van der Waals surface area (Å²) in [5, 5.41) is 10.7. The molecule has 0 aliphatic carbocycles. The van der Waals surface area contributed by atoms with Gasteiger partial charge in [-0.15, -0.1) is 0 Å². The van der Waals surface area contributed by atoms with E-state index in [1.165, 1.54) is 4.90 Å². The summed E-state index contributed by atoms with van der Waals surface area (Å²) in [7, 11) is 0. The van der Waals surface area contributed by atoms with Gasteiger partial charge in [0.1, 0.15) is 5.82 Å². The molecule has 1 saturated heterocycles. The molecule has 1 amide bonds. The summed E-state index contributed by atoms with van der Waals surface area (Å²) in [6, 6.07) is 2.84. The molecular weight excluding hydrogens is 253 g/mol. The van der Waals surface area contributed by atoms with Crippen LogP contribution in [0.4, 0.5) is 10.1 Å². The van der Waals surface area contributed by atoms with Crippen molar-refractivity contribution < 1.29 is 14.1 Å². The molecule has 7 heteroatoms. The Kier molecular flexibility index (Phi) is 3.75. The Morgan fingerprint density at radius 3 is 2.95 bits per heavy atom. The summed E-state index contributed by atoms with van der Waals surface area (Å²) in [4.78, 5) is 23.7. The molecular formula is C12H14FN3O3. The average molecular weight is 267 g/mol. The smallest absolute Gasteiger partial charge is 0.270 e. The molecule has 0 saturated carbocycles. The van der Waals surface area contributed by atoms with Gasteiger partial charge in [-0.1, -0.05) is 0 Å². The zero-order chi connectivity index (χ0) is 14.0. The third kappa shape index (κ3) is 2.55. The van der Waals surface area contributed by atoms with Crippen molar-refractivity contribution in [2.75, 3.05) is 13.1 Å². The Morgan fingerprint density at radius 1 is 1.58 bits per heavy atom. The summed E-state index contributed by atoms with van der Waals surface area (Å²) < 4.78 is 13.7. The molecule has 6 nitrogen and oxygen atoms in total. The van der Waals surface area contributed by atoms with E-state index in [1.54, 1.807) is 0 Å². The van der Waals surface area contributed by atoms with Gasteiger partial charge in [0.2, 0.25) is 0 Å². The first-order chi connectivity index (χ1) is 9.04. The van der Waals surface area contributed by atoms with Crippen LogP contribution in [0.2, 0.25) is 0 Å². The third-order valence-electron chi connectivity index (χ3n) is 3.30. The number of likely N-dealkylation sites (tertiary alicyclic amines) is 1. The van der Waals surface area contributed by atoms with Crippen LogP contribution in [0.5, 0.6) is 0 Å². The minimum absolute atomic E-state index is 0.119. The molecule has 1 aromatic carbocycles. The number of benzene rings is 1. The highest BCUT2D eigenvalue weighted by Crippen LogP contribution is 2.23. The van der Waals surface area contributed by atoms with Gasteiger partial charge in [-0.2, -0.15) is 0 Å². The Balaban J connectivity index is 2.32. The van der Waals surface area contributed by atoms with Crippen molar-refractivity contribution in [1.29, 1.82) is 0 Å². The fourth-order valence-corrected chi connectivity index (χ4v) is 2.29. The molecule has 1 aromatic rings. The Bertz CT molecular complexity index is 521. The van der Waals surface area contributed by atoms with E-state index in [9.17, 15) is 19.3 Å². The minimum Gasteiger partial charge on any atom is -0.334 e. The normalized spacial score (nSPS) is 18.6. The largest absolute Gasteiger partial charge is 0.334 e. The number of halogens is 1. The summed E-state index contributed by atoms with van der Waals surface area (Å²) in [5.74, 6) is -1.28. The molecule has 0 aromatic heterocycles. The van der Waals surface area contributed by atoms with Gasteiger partial charge < -0.3 is 10.6 Å². The van der Waals surface area contributed by atoms with Crippen LogP contribution in [0.3, 0.4) is 0 Å². The Hall–Kier alpha value is -2.02. The summed E-state index contributed by atoms with van der Waals surface area (Å²) >= 11 is 0. The van der Waals surface area contributed by atoms with Crippen molar-refractivity contribution in [1.82, 2.24) is 4.90 Å². The molecule has 0 radical (unpaired) electrons. The minimum atomic E-state index is -0.752. The second kappa shape index (κ2) is 5.31. The predicted molar refractivity (Wildman–Crippen MR) is 66.2 cm³/mol. The average Bonchev–Trinajstić information content (AvgIpc) is 2.86. The highest BCUT2D eigenvalue weighted by molar-refractivity contribution is 5.95. The van der Waals surface area contributed by atoms with Crippen LogP contribution >= 0.6 is 0 Å².